The molecule has 2 N–H and O–H groups in total. The molecule has 1 heterocycles. The van der Waals surface area contributed by atoms with Crippen LogP contribution >= 0.6 is 0 Å². The van der Waals surface area contributed by atoms with E-state index in [0.717, 1.165) is 12.0 Å². The van der Waals surface area contributed by atoms with Gasteiger partial charge in [-0.25, -0.2) is 0 Å². The maximum atomic E-state index is 12.0. The van der Waals surface area contributed by atoms with Crippen molar-refractivity contribution in [1.82, 2.24) is 9.44 Å². The Bertz CT molecular complexity index is 844. The Morgan fingerprint density at radius 2 is 1.46 bits per heavy atom. The van der Waals surface area contributed by atoms with Gasteiger partial charge >= 0.3 is 10.2 Å². The number of rotatable bonds is 5. The van der Waals surface area contributed by atoms with Crippen LogP contribution in [0.25, 0.3) is 0 Å². The lowest BCUT2D eigenvalue weighted by Crippen LogP contribution is -2.44. The second-order valence-electron chi connectivity index (χ2n) is 5.54. The van der Waals surface area contributed by atoms with E-state index in [1.54, 1.807) is 6.08 Å². The molecule has 1 aliphatic rings. The molecule has 6 heteroatoms. The highest BCUT2D eigenvalue weighted by atomic mass is 32.2. The summed E-state index contributed by atoms with van der Waals surface area (Å²) >= 11 is 0. The summed E-state index contributed by atoms with van der Waals surface area (Å²) in [6, 6.07) is 19.7. The minimum absolute atomic E-state index is 0.371. The summed E-state index contributed by atoms with van der Waals surface area (Å²) in [7, 11) is -3.60. The zero-order valence-corrected chi connectivity index (χ0v) is 14.0. The van der Waals surface area contributed by atoms with Gasteiger partial charge in [-0.05, 0) is 17.5 Å². The second-order valence-corrected chi connectivity index (χ2v) is 6.96. The molecule has 0 amide bonds. The molecule has 24 heavy (non-hydrogen) atoms. The first kappa shape index (κ1) is 16.3. The van der Waals surface area contributed by atoms with Crippen LogP contribution in [0.3, 0.4) is 0 Å². The predicted octanol–water partition coefficient (Wildman–Crippen LogP) is 2.19. The fourth-order valence-corrected chi connectivity index (χ4v) is 3.42. The van der Waals surface area contributed by atoms with Gasteiger partial charge < -0.3 is 0 Å². The van der Waals surface area contributed by atoms with Gasteiger partial charge in [0, 0.05) is 24.7 Å². The fourth-order valence-electron chi connectivity index (χ4n) is 2.49. The molecule has 2 aromatic carbocycles. The Morgan fingerprint density at radius 3 is 2.12 bits per heavy atom. The van der Waals surface area contributed by atoms with Gasteiger partial charge in [-0.15, -0.1) is 0 Å². The van der Waals surface area contributed by atoms with Crippen molar-refractivity contribution in [2.24, 2.45) is 4.99 Å². The molecule has 0 radical (unpaired) electrons. The summed E-state index contributed by atoms with van der Waals surface area (Å²) < 4.78 is 28.9. The van der Waals surface area contributed by atoms with Gasteiger partial charge in [-0.3, -0.25) is 14.4 Å². The Balaban J connectivity index is 1.71. The first-order valence-electron chi connectivity index (χ1n) is 7.74. The van der Waals surface area contributed by atoms with E-state index in [1.807, 2.05) is 60.7 Å². The molecule has 5 nitrogen and oxygen atoms in total. The highest BCUT2D eigenvalue weighted by Crippen LogP contribution is 2.09. The zero-order chi connectivity index (χ0) is 16.8. The second kappa shape index (κ2) is 7.31. The first-order chi connectivity index (χ1) is 11.6. The molecule has 0 spiro atoms. The van der Waals surface area contributed by atoms with Crippen LogP contribution in [0.5, 0.6) is 0 Å². The highest BCUT2D eigenvalue weighted by Gasteiger charge is 2.19. The topological polar surface area (TPSA) is 70.6 Å². The van der Waals surface area contributed by atoms with Crippen molar-refractivity contribution < 1.29 is 8.42 Å². The highest BCUT2D eigenvalue weighted by molar-refractivity contribution is 7.88. The number of allylic oxidation sites excluding steroid dienone is 1. The molecule has 0 unspecified atom stereocenters. The Hall–Kier alpha value is -2.60. The van der Waals surface area contributed by atoms with Gasteiger partial charge in [-0.1, -0.05) is 60.7 Å². The number of nitrogens with one attached hydrogen (secondary N) is 2. The van der Waals surface area contributed by atoms with E-state index < -0.39 is 10.2 Å². The van der Waals surface area contributed by atoms with Crippen LogP contribution in [0, 0.1) is 0 Å². The lowest BCUT2D eigenvalue weighted by molar-refractivity contribution is 0.582. The molecular weight excluding hydrogens is 322 g/mol. The molecule has 0 fully saturated rings. The van der Waals surface area contributed by atoms with E-state index in [0.29, 0.717) is 24.5 Å². The van der Waals surface area contributed by atoms with Crippen LogP contribution in [-0.2, 0) is 23.1 Å². The molecule has 0 aromatic heterocycles. The number of benzene rings is 2. The summed E-state index contributed by atoms with van der Waals surface area (Å²) in [6.07, 6.45) is 3.03. The van der Waals surface area contributed by atoms with Crippen molar-refractivity contribution in [1.29, 1.82) is 0 Å². The van der Waals surface area contributed by atoms with E-state index >= 15 is 0 Å². The molecule has 0 bridgehead atoms. The van der Waals surface area contributed by atoms with E-state index in [1.165, 1.54) is 5.56 Å². The summed E-state index contributed by atoms with van der Waals surface area (Å²) in [5, 5.41) is 0. The van der Waals surface area contributed by atoms with Crippen molar-refractivity contribution >= 4 is 16.0 Å². The van der Waals surface area contributed by atoms with E-state index in [9.17, 15) is 8.42 Å². The standard InChI is InChI=1S/C18H19N3O2S/c22-24(23)20-17(13-16-9-5-2-6-10-16)14-18(21-24)19-12-11-15-7-3-1-4-8-15/h1-10,14,20H,11-13H2,(H,19,21). The molecule has 2 aromatic rings. The zero-order valence-electron chi connectivity index (χ0n) is 13.1. The lowest BCUT2D eigenvalue weighted by Gasteiger charge is -2.19. The van der Waals surface area contributed by atoms with Crippen molar-refractivity contribution in [3.8, 4) is 0 Å². The van der Waals surface area contributed by atoms with Crippen molar-refractivity contribution in [2.75, 3.05) is 6.54 Å². The minimum Gasteiger partial charge on any atom is -0.270 e. The SMILES string of the molecule is O=S1(=O)NC(Cc2ccccc2)=CC(=NCCc2ccccc2)N1. The number of hydrogen-bond donors (Lipinski definition) is 2. The maximum absolute atomic E-state index is 12.0. The third-order valence-corrected chi connectivity index (χ3v) is 4.59. The molecule has 1 aliphatic heterocycles. The van der Waals surface area contributed by atoms with Crippen LogP contribution in [0.2, 0.25) is 0 Å². The normalized spacial score (nSPS) is 17.7. The molecule has 0 aliphatic carbocycles. The lowest BCUT2D eigenvalue weighted by atomic mass is 10.1. The first-order valence-corrected chi connectivity index (χ1v) is 9.22. The third kappa shape index (κ3) is 4.70. The summed E-state index contributed by atoms with van der Waals surface area (Å²) in [6.45, 7) is 0.525. The summed E-state index contributed by atoms with van der Waals surface area (Å²) in [5.74, 6) is 0.371. The number of amidine groups is 1. The van der Waals surface area contributed by atoms with Gasteiger partial charge in [0.15, 0.2) is 0 Å². The smallest absolute Gasteiger partial charge is 0.270 e. The van der Waals surface area contributed by atoms with Gasteiger partial charge in [-0.2, -0.15) is 8.42 Å². The number of hydrogen-bond acceptors (Lipinski definition) is 3. The van der Waals surface area contributed by atoms with Crippen LogP contribution < -0.4 is 9.44 Å². The summed E-state index contributed by atoms with van der Waals surface area (Å²) in [5.41, 5.74) is 2.82. The van der Waals surface area contributed by atoms with Crippen molar-refractivity contribution in [3.05, 3.63) is 83.6 Å². The minimum atomic E-state index is -3.60. The Kier molecular flexibility index (Phi) is 4.96. The fraction of sp³-hybridized carbons (Fsp3) is 0.167. The average Bonchev–Trinajstić information content (AvgIpc) is 2.55. The number of nitrogens with zero attached hydrogens (tertiary/aromatic N) is 1. The van der Waals surface area contributed by atoms with Crippen LogP contribution in [0.1, 0.15) is 11.1 Å². The van der Waals surface area contributed by atoms with E-state index in [-0.39, 0.29) is 0 Å². The Labute approximate surface area is 142 Å². The molecule has 124 valence electrons. The van der Waals surface area contributed by atoms with Gasteiger partial charge in [0.05, 0.1) is 0 Å². The van der Waals surface area contributed by atoms with Crippen molar-refractivity contribution in [3.63, 3.8) is 0 Å². The molecular formula is C18H19N3O2S. The van der Waals surface area contributed by atoms with E-state index in [4.69, 9.17) is 0 Å². The monoisotopic (exact) mass is 341 g/mol. The molecule has 0 atom stereocenters. The van der Waals surface area contributed by atoms with Crippen LogP contribution in [0.4, 0.5) is 0 Å². The molecule has 0 saturated heterocycles. The van der Waals surface area contributed by atoms with Gasteiger partial charge in [0.25, 0.3) is 0 Å². The number of aliphatic imine (C=N–C) groups is 1. The summed E-state index contributed by atoms with van der Waals surface area (Å²) in [4.78, 5) is 4.38. The van der Waals surface area contributed by atoms with Crippen molar-refractivity contribution in [2.45, 2.75) is 12.8 Å². The van der Waals surface area contributed by atoms with Gasteiger partial charge in [0.2, 0.25) is 0 Å². The predicted molar refractivity (Wildman–Crippen MR) is 95.9 cm³/mol. The molecule has 0 saturated carbocycles. The van der Waals surface area contributed by atoms with Crippen LogP contribution in [0.15, 0.2) is 77.4 Å². The molecule has 3 rings (SSSR count). The Morgan fingerprint density at radius 1 is 0.833 bits per heavy atom. The van der Waals surface area contributed by atoms with E-state index in [2.05, 4.69) is 14.4 Å². The van der Waals surface area contributed by atoms with Gasteiger partial charge in [0.1, 0.15) is 5.84 Å². The van der Waals surface area contributed by atoms with Crippen LogP contribution in [-0.4, -0.2) is 20.8 Å². The maximum Gasteiger partial charge on any atom is 0.322 e. The third-order valence-electron chi connectivity index (χ3n) is 3.58. The quantitative estimate of drug-likeness (QED) is 0.875. The largest absolute Gasteiger partial charge is 0.322 e. The average molecular weight is 341 g/mol.